The summed E-state index contributed by atoms with van der Waals surface area (Å²) in [6, 6.07) is -0.625. The fourth-order valence-electron chi connectivity index (χ4n) is 11.5. The quantitative estimate of drug-likeness (QED) is 0.0320. The summed E-state index contributed by atoms with van der Waals surface area (Å²) in [6.45, 7) is 4.90. The van der Waals surface area contributed by atoms with E-state index in [4.69, 9.17) is 4.74 Å². The molecule has 6 nitrogen and oxygen atoms in total. The molecule has 0 aliphatic carbocycles. The summed E-state index contributed by atoms with van der Waals surface area (Å²) in [4.78, 5) is 24.5. The minimum atomic E-state index is -0.842. The van der Waals surface area contributed by atoms with E-state index in [1.54, 1.807) is 6.08 Å². The zero-order valence-electron chi connectivity index (χ0n) is 54.8. The summed E-state index contributed by atoms with van der Waals surface area (Å²) in [6.07, 6.45) is 91.1. The Labute approximate surface area is 506 Å². The van der Waals surface area contributed by atoms with Crippen LogP contribution in [0.25, 0.3) is 0 Å². The van der Waals surface area contributed by atoms with Crippen molar-refractivity contribution in [2.45, 2.75) is 418 Å². The van der Waals surface area contributed by atoms with Crippen molar-refractivity contribution in [3.05, 3.63) is 36.5 Å². The van der Waals surface area contributed by atoms with E-state index < -0.39 is 12.1 Å². The number of hydrogen-bond donors (Lipinski definition) is 3. The number of esters is 1. The number of aliphatic hydroxyl groups excluding tert-OH is 2. The van der Waals surface area contributed by atoms with E-state index in [0.29, 0.717) is 19.4 Å². The van der Waals surface area contributed by atoms with Gasteiger partial charge in [0, 0.05) is 12.8 Å². The van der Waals surface area contributed by atoms with Crippen LogP contribution in [-0.2, 0) is 14.3 Å². The van der Waals surface area contributed by atoms with Crippen molar-refractivity contribution in [2.75, 3.05) is 13.2 Å². The molecule has 0 bridgehead atoms. The van der Waals surface area contributed by atoms with Crippen LogP contribution in [0.3, 0.4) is 0 Å². The summed E-state index contributed by atoms with van der Waals surface area (Å²) in [5.74, 6) is -0.0509. The molecule has 1 amide bonds. The van der Waals surface area contributed by atoms with Crippen LogP contribution in [0, 0.1) is 0 Å². The van der Waals surface area contributed by atoms with Crippen LogP contribution >= 0.6 is 0 Å². The molecule has 0 aromatic heterocycles. The highest BCUT2D eigenvalue weighted by atomic mass is 16.5. The number of hydrogen-bond acceptors (Lipinski definition) is 5. The van der Waals surface area contributed by atoms with Gasteiger partial charge in [-0.15, -0.1) is 0 Å². The van der Waals surface area contributed by atoms with E-state index in [0.717, 1.165) is 44.9 Å². The molecule has 0 fully saturated rings. The molecule has 0 saturated heterocycles. The summed E-state index contributed by atoms with van der Waals surface area (Å²) in [5, 5.41) is 23.2. The number of amides is 1. The first-order valence-corrected chi connectivity index (χ1v) is 36.8. The van der Waals surface area contributed by atoms with E-state index >= 15 is 0 Å². The lowest BCUT2D eigenvalue weighted by Gasteiger charge is -2.20. The summed E-state index contributed by atoms with van der Waals surface area (Å²) < 4.78 is 5.47. The van der Waals surface area contributed by atoms with Crippen LogP contribution in [-0.4, -0.2) is 47.4 Å². The van der Waals surface area contributed by atoms with Gasteiger partial charge in [-0.2, -0.15) is 0 Å². The average molecular weight is 1140 g/mol. The molecule has 0 aliphatic rings. The lowest BCUT2D eigenvalue weighted by atomic mass is 10.0. The number of carbonyl (C=O) groups excluding carboxylic acids is 2. The molecular weight excluding hydrogens is 995 g/mol. The Bertz CT molecular complexity index is 1310. The Morgan fingerprint density at radius 2 is 0.593 bits per heavy atom. The van der Waals surface area contributed by atoms with Crippen LogP contribution in [0.5, 0.6) is 0 Å². The summed E-state index contributed by atoms with van der Waals surface area (Å²) in [7, 11) is 0. The van der Waals surface area contributed by atoms with Gasteiger partial charge in [-0.05, 0) is 77.0 Å². The van der Waals surface area contributed by atoms with E-state index in [-0.39, 0.29) is 18.5 Å². The Hall–Kier alpha value is -1.92. The van der Waals surface area contributed by atoms with Gasteiger partial charge in [-0.1, -0.05) is 352 Å². The fourth-order valence-corrected chi connectivity index (χ4v) is 11.5. The second-order valence-electron chi connectivity index (χ2n) is 25.3. The molecule has 6 heteroatoms. The second kappa shape index (κ2) is 70.6. The maximum Gasteiger partial charge on any atom is 0.305 e. The molecule has 3 N–H and O–H groups in total. The first-order chi connectivity index (χ1) is 40.0. The van der Waals surface area contributed by atoms with Gasteiger partial charge in [0.15, 0.2) is 0 Å². The fraction of sp³-hybridized carbons (Fsp3) is 0.893. The molecule has 2 unspecified atom stereocenters. The number of rotatable bonds is 69. The average Bonchev–Trinajstić information content (AvgIpc) is 3.47. The number of unbranched alkanes of at least 4 members (excludes halogenated alkanes) is 54. The van der Waals surface area contributed by atoms with Gasteiger partial charge in [0.2, 0.25) is 5.91 Å². The third kappa shape index (κ3) is 67.1. The van der Waals surface area contributed by atoms with Gasteiger partial charge in [0.25, 0.3) is 0 Å². The smallest absolute Gasteiger partial charge is 0.305 e. The Morgan fingerprint density at radius 1 is 0.333 bits per heavy atom. The lowest BCUT2D eigenvalue weighted by molar-refractivity contribution is -0.143. The first-order valence-electron chi connectivity index (χ1n) is 36.8. The van der Waals surface area contributed by atoms with Crippen molar-refractivity contribution in [3.63, 3.8) is 0 Å². The Kier molecular flexibility index (Phi) is 68.9. The van der Waals surface area contributed by atoms with Crippen LogP contribution in [0.1, 0.15) is 406 Å². The first kappa shape index (κ1) is 79.1. The number of nitrogens with one attached hydrogen (secondary N) is 1. The van der Waals surface area contributed by atoms with Crippen molar-refractivity contribution in [2.24, 2.45) is 0 Å². The molecule has 0 saturated carbocycles. The normalized spacial score (nSPS) is 12.7. The van der Waals surface area contributed by atoms with Crippen LogP contribution in [0.4, 0.5) is 0 Å². The molecule has 0 rings (SSSR count). The maximum absolute atomic E-state index is 12.5. The minimum absolute atomic E-state index is 0.0104. The predicted octanol–water partition coefficient (Wildman–Crippen LogP) is 23.9. The highest BCUT2D eigenvalue weighted by Gasteiger charge is 2.18. The second-order valence-corrected chi connectivity index (χ2v) is 25.3. The Morgan fingerprint density at radius 3 is 0.914 bits per heavy atom. The van der Waals surface area contributed by atoms with Crippen LogP contribution in [0.2, 0.25) is 0 Å². The highest BCUT2D eigenvalue weighted by molar-refractivity contribution is 5.76. The molecule has 0 aromatic rings. The van der Waals surface area contributed by atoms with Gasteiger partial charge in [0.1, 0.15) is 0 Å². The molecular formula is C75H143NO5. The third-order valence-corrected chi connectivity index (χ3v) is 17.1. The summed E-state index contributed by atoms with van der Waals surface area (Å²) >= 11 is 0. The monoisotopic (exact) mass is 1140 g/mol. The van der Waals surface area contributed by atoms with Gasteiger partial charge in [-0.25, -0.2) is 0 Å². The van der Waals surface area contributed by atoms with Crippen LogP contribution < -0.4 is 5.32 Å². The van der Waals surface area contributed by atoms with E-state index in [2.05, 4.69) is 43.5 Å². The highest BCUT2D eigenvalue weighted by Crippen LogP contribution is 2.19. The van der Waals surface area contributed by atoms with Gasteiger partial charge >= 0.3 is 5.97 Å². The molecule has 2 atom stereocenters. The largest absolute Gasteiger partial charge is 0.466 e. The summed E-state index contributed by atoms with van der Waals surface area (Å²) in [5.41, 5.74) is 0. The molecule has 0 aliphatic heterocycles. The topological polar surface area (TPSA) is 95.9 Å². The lowest BCUT2D eigenvalue weighted by Crippen LogP contribution is -2.45. The standard InChI is InChI=1S/C75H143NO5/c1-3-5-7-9-11-13-15-16-17-41-44-48-51-55-59-63-67-73(78)72(71-77)76-74(79)68-64-60-56-52-49-45-42-39-37-35-33-31-29-27-25-23-21-19-18-20-22-24-26-28-30-32-34-36-38-40-43-46-50-54-58-62-66-70-81-75(80)69-65-61-57-53-47-14-12-10-8-6-4-2/h10,12,18,20,63,67,72-73,77-78H,3-9,11,13-17,19,21-62,64-66,68-71H2,1-2H3,(H,76,79)/b12-10-,20-18-,67-63+. The number of carbonyl (C=O) groups is 2. The van der Waals surface area contributed by atoms with Crippen molar-refractivity contribution < 1.29 is 24.5 Å². The maximum atomic E-state index is 12.5. The number of allylic oxidation sites excluding steroid dienone is 5. The number of ether oxygens (including phenoxy) is 1. The minimum Gasteiger partial charge on any atom is -0.466 e. The SMILES string of the molecule is CCCC/C=C\CCCCCCCC(=O)OCCCCCCCCCCCCCCCCCC/C=C\CCCCCCCCCCCCCCCCCCCC(=O)NC(CO)C(O)/C=C/CCCCCCCCCCCCCCCC. The number of aliphatic hydroxyl groups is 2. The predicted molar refractivity (Wildman–Crippen MR) is 356 cm³/mol. The van der Waals surface area contributed by atoms with Crippen molar-refractivity contribution in [1.29, 1.82) is 0 Å². The molecule has 0 radical (unpaired) electrons. The zero-order chi connectivity index (χ0) is 58.5. The van der Waals surface area contributed by atoms with E-state index in [1.165, 1.54) is 334 Å². The van der Waals surface area contributed by atoms with Crippen molar-refractivity contribution >= 4 is 11.9 Å². The van der Waals surface area contributed by atoms with E-state index in [1.807, 2.05) is 6.08 Å². The zero-order valence-corrected chi connectivity index (χ0v) is 54.8. The third-order valence-electron chi connectivity index (χ3n) is 17.1. The molecule has 0 heterocycles. The van der Waals surface area contributed by atoms with Crippen molar-refractivity contribution in [1.82, 2.24) is 5.32 Å². The molecule has 0 aromatic carbocycles. The van der Waals surface area contributed by atoms with Gasteiger partial charge in [0.05, 0.1) is 25.4 Å². The molecule has 478 valence electrons. The van der Waals surface area contributed by atoms with Gasteiger partial charge < -0.3 is 20.3 Å². The van der Waals surface area contributed by atoms with Crippen molar-refractivity contribution in [3.8, 4) is 0 Å². The van der Waals surface area contributed by atoms with Crippen LogP contribution in [0.15, 0.2) is 36.5 Å². The van der Waals surface area contributed by atoms with E-state index in [9.17, 15) is 19.8 Å². The Balaban J connectivity index is 3.35. The molecule has 0 spiro atoms. The van der Waals surface area contributed by atoms with Gasteiger partial charge in [-0.3, -0.25) is 9.59 Å². The molecule has 81 heavy (non-hydrogen) atoms.